The Labute approximate surface area is 257 Å². The van der Waals surface area contributed by atoms with Crippen molar-refractivity contribution in [2.45, 2.75) is 126 Å². The van der Waals surface area contributed by atoms with Gasteiger partial charge >= 0.3 is 5.97 Å². The lowest BCUT2D eigenvalue weighted by Crippen LogP contribution is -2.45. The highest BCUT2D eigenvalue weighted by atomic mass is 16.6. The zero-order chi connectivity index (χ0) is 32.0. The van der Waals surface area contributed by atoms with E-state index >= 15 is 0 Å². The summed E-state index contributed by atoms with van der Waals surface area (Å²) < 4.78 is 5.64. The minimum absolute atomic E-state index is 0.0669. The minimum Gasteiger partial charge on any atom is -0.460 e. The SMILES string of the molecule is CC.CC.CC.CCC1=CC2=C(CCC(C(=O)OC(C)(C)C)C2)C(=O)C1C(C(=O)N1CCC(C)CC1)c1ccccc1. The van der Waals surface area contributed by atoms with Crippen molar-refractivity contribution < 1.29 is 19.1 Å². The summed E-state index contributed by atoms with van der Waals surface area (Å²) in [6, 6.07) is 9.82. The van der Waals surface area contributed by atoms with Crippen LogP contribution >= 0.6 is 0 Å². The van der Waals surface area contributed by atoms with Gasteiger partial charge in [-0.1, -0.05) is 97.4 Å². The second-order valence-corrected chi connectivity index (χ2v) is 11.8. The second-order valence-electron chi connectivity index (χ2n) is 11.8. The van der Waals surface area contributed by atoms with E-state index in [0.717, 1.165) is 48.2 Å². The molecule has 0 spiro atoms. The van der Waals surface area contributed by atoms with Crippen LogP contribution in [-0.2, 0) is 19.1 Å². The monoisotopic (exact) mass is 581 g/mol. The highest BCUT2D eigenvalue weighted by molar-refractivity contribution is 6.05. The molecule has 0 N–H and O–H groups in total. The molecule has 1 aliphatic heterocycles. The molecular formula is C37H59NO4. The topological polar surface area (TPSA) is 63.7 Å². The first-order chi connectivity index (χ1) is 20.1. The van der Waals surface area contributed by atoms with Gasteiger partial charge in [-0.05, 0) is 81.9 Å². The van der Waals surface area contributed by atoms with Gasteiger partial charge in [0.15, 0.2) is 5.78 Å². The normalized spacial score (nSPS) is 21.2. The third-order valence-corrected chi connectivity index (χ3v) is 7.94. The minimum atomic E-state index is -0.529. The van der Waals surface area contributed by atoms with Crippen molar-refractivity contribution in [3.63, 3.8) is 0 Å². The van der Waals surface area contributed by atoms with Gasteiger partial charge in [0, 0.05) is 13.1 Å². The maximum Gasteiger partial charge on any atom is 0.309 e. The number of hydrogen-bond acceptors (Lipinski definition) is 4. The van der Waals surface area contributed by atoms with Crippen molar-refractivity contribution in [2.75, 3.05) is 13.1 Å². The van der Waals surface area contributed by atoms with Gasteiger partial charge in [-0.2, -0.15) is 0 Å². The molecule has 4 rings (SSSR count). The molecule has 2 aliphatic carbocycles. The molecule has 1 amide bonds. The molecule has 5 nitrogen and oxygen atoms in total. The maximum atomic E-state index is 14.1. The summed E-state index contributed by atoms with van der Waals surface area (Å²) in [6.45, 7) is 23.4. The molecule has 236 valence electrons. The number of benzene rings is 1. The lowest BCUT2D eigenvalue weighted by Gasteiger charge is -2.39. The van der Waals surface area contributed by atoms with Crippen LogP contribution in [0.3, 0.4) is 0 Å². The molecule has 42 heavy (non-hydrogen) atoms. The number of allylic oxidation sites excluding steroid dienone is 4. The molecule has 3 unspecified atom stereocenters. The molecule has 0 aromatic heterocycles. The maximum absolute atomic E-state index is 14.1. The zero-order valence-electron chi connectivity index (χ0n) is 28.5. The van der Waals surface area contributed by atoms with Gasteiger partial charge in [-0.25, -0.2) is 0 Å². The summed E-state index contributed by atoms with van der Waals surface area (Å²) in [5, 5.41) is 0. The third-order valence-electron chi connectivity index (χ3n) is 7.94. The number of carbonyl (C=O) groups excluding carboxylic acids is 3. The fraction of sp³-hybridized carbons (Fsp3) is 0.649. The number of esters is 1. The van der Waals surface area contributed by atoms with Crippen molar-refractivity contribution in [1.29, 1.82) is 0 Å². The zero-order valence-corrected chi connectivity index (χ0v) is 28.5. The molecular weight excluding hydrogens is 522 g/mol. The van der Waals surface area contributed by atoms with E-state index in [1.165, 1.54) is 0 Å². The van der Waals surface area contributed by atoms with Crippen molar-refractivity contribution in [1.82, 2.24) is 4.90 Å². The van der Waals surface area contributed by atoms with Crippen LogP contribution < -0.4 is 0 Å². The average molecular weight is 582 g/mol. The van der Waals surface area contributed by atoms with Crippen LogP contribution in [0.5, 0.6) is 0 Å². The lowest BCUT2D eigenvalue weighted by molar-refractivity contribution is -0.160. The highest BCUT2D eigenvalue weighted by Crippen LogP contribution is 2.44. The van der Waals surface area contributed by atoms with Crippen LogP contribution in [0.2, 0.25) is 0 Å². The van der Waals surface area contributed by atoms with Crippen molar-refractivity contribution in [3.8, 4) is 0 Å². The van der Waals surface area contributed by atoms with E-state index in [9.17, 15) is 14.4 Å². The Morgan fingerprint density at radius 3 is 2.05 bits per heavy atom. The first-order valence-corrected chi connectivity index (χ1v) is 16.6. The quantitative estimate of drug-likeness (QED) is 0.325. The Kier molecular flexibility index (Phi) is 16.1. The second kappa shape index (κ2) is 18.1. The Bertz CT molecular complexity index is 1050. The van der Waals surface area contributed by atoms with E-state index in [0.29, 0.717) is 31.6 Å². The number of Topliss-reactive ketones (excluding diaryl/α,β-unsaturated/α-hetero) is 1. The molecule has 1 aromatic carbocycles. The molecule has 0 saturated carbocycles. The first kappa shape index (κ1) is 37.3. The van der Waals surface area contributed by atoms with Gasteiger partial charge in [-0.3, -0.25) is 14.4 Å². The van der Waals surface area contributed by atoms with Crippen molar-refractivity contribution in [2.24, 2.45) is 17.8 Å². The first-order valence-electron chi connectivity index (χ1n) is 16.6. The molecule has 0 bridgehead atoms. The largest absolute Gasteiger partial charge is 0.460 e. The van der Waals surface area contributed by atoms with Crippen molar-refractivity contribution in [3.05, 3.63) is 58.7 Å². The van der Waals surface area contributed by atoms with Crippen LogP contribution in [-0.4, -0.2) is 41.3 Å². The number of piperidine rings is 1. The molecule has 1 saturated heterocycles. The number of likely N-dealkylation sites (tertiary alicyclic amines) is 1. The smallest absolute Gasteiger partial charge is 0.309 e. The van der Waals surface area contributed by atoms with Gasteiger partial charge in [0.2, 0.25) is 5.91 Å². The fourth-order valence-corrected chi connectivity index (χ4v) is 5.90. The molecule has 1 heterocycles. The highest BCUT2D eigenvalue weighted by Gasteiger charge is 2.44. The lowest BCUT2D eigenvalue weighted by atomic mass is 9.68. The Hall–Kier alpha value is -2.69. The van der Waals surface area contributed by atoms with E-state index in [1.54, 1.807) is 0 Å². The van der Waals surface area contributed by atoms with Crippen LogP contribution in [0.1, 0.15) is 126 Å². The van der Waals surface area contributed by atoms with Gasteiger partial charge < -0.3 is 9.64 Å². The molecule has 1 fully saturated rings. The number of ether oxygens (including phenoxy) is 1. The van der Waals surface area contributed by atoms with Gasteiger partial charge in [-0.15, -0.1) is 0 Å². The Morgan fingerprint density at radius 2 is 1.52 bits per heavy atom. The third kappa shape index (κ3) is 9.67. The van der Waals surface area contributed by atoms with Gasteiger partial charge in [0.25, 0.3) is 0 Å². The number of nitrogens with zero attached hydrogens (tertiary/aromatic N) is 1. The van der Waals surface area contributed by atoms with Gasteiger partial charge in [0.05, 0.1) is 17.8 Å². The summed E-state index contributed by atoms with van der Waals surface area (Å²) in [4.78, 5) is 42.9. The number of hydrogen-bond donors (Lipinski definition) is 0. The van der Waals surface area contributed by atoms with E-state index in [1.807, 2.05) is 97.5 Å². The van der Waals surface area contributed by atoms with Crippen molar-refractivity contribution >= 4 is 17.7 Å². The fourth-order valence-electron chi connectivity index (χ4n) is 5.90. The van der Waals surface area contributed by atoms with E-state index < -0.39 is 17.4 Å². The molecule has 5 heteroatoms. The van der Waals surface area contributed by atoms with E-state index in [2.05, 4.69) is 19.9 Å². The number of amides is 1. The molecule has 3 atom stereocenters. The summed E-state index contributed by atoms with van der Waals surface area (Å²) in [5.74, 6) is -0.663. The van der Waals surface area contributed by atoms with Crippen LogP contribution in [0.4, 0.5) is 0 Å². The predicted molar refractivity (Wildman–Crippen MR) is 175 cm³/mol. The summed E-state index contributed by atoms with van der Waals surface area (Å²) in [6.07, 6.45) is 6.51. The number of carbonyl (C=O) groups is 3. The summed E-state index contributed by atoms with van der Waals surface area (Å²) in [5.41, 5.74) is 3.14. The number of ketones is 1. The standard InChI is InChI=1S/C31H41NO4.3C2H6/c1-6-21-18-24-19-23(30(35)36-31(3,4)5)12-13-25(24)28(33)26(21)27(22-10-8-7-9-11-22)29(34)32-16-14-20(2)15-17-32;3*1-2/h7-11,18,20,23,26-27H,6,12-17,19H2,1-5H3;3*1-2H3. The molecule has 0 radical (unpaired) electrons. The van der Waals surface area contributed by atoms with E-state index in [4.69, 9.17) is 4.74 Å². The summed E-state index contributed by atoms with van der Waals surface area (Å²) >= 11 is 0. The predicted octanol–water partition coefficient (Wildman–Crippen LogP) is 9.08. The average Bonchev–Trinajstić information content (AvgIpc) is 3.01. The summed E-state index contributed by atoms with van der Waals surface area (Å²) in [7, 11) is 0. The molecule has 3 aliphatic rings. The Balaban J connectivity index is 0.00000138. The van der Waals surface area contributed by atoms with Crippen LogP contribution in [0.15, 0.2) is 53.1 Å². The van der Waals surface area contributed by atoms with Gasteiger partial charge in [0.1, 0.15) is 5.60 Å². The van der Waals surface area contributed by atoms with E-state index in [-0.39, 0.29) is 23.6 Å². The Morgan fingerprint density at radius 1 is 0.952 bits per heavy atom. The number of rotatable bonds is 5. The van der Waals surface area contributed by atoms with Crippen LogP contribution in [0.25, 0.3) is 0 Å². The van der Waals surface area contributed by atoms with Crippen LogP contribution in [0, 0.1) is 17.8 Å². The molecule has 1 aromatic rings.